The fourth-order valence-electron chi connectivity index (χ4n) is 1.82. The number of nitrogens with one attached hydrogen (secondary N) is 2. The highest BCUT2D eigenvalue weighted by Gasteiger charge is 2.05. The Bertz CT molecular complexity index is 533. The van der Waals surface area contributed by atoms with Gasteiger partial charge in [0.25, 0.3) is 0 Å². The lowest BCUT2D eigenvalue weighted by Gasteiger charge is -2.11. The molecule has 0 atom stereocenters. The molecule has 0 saturated carbocycles. The van der Waals surface area contributed by atoms with E-state index in [2.05, 4.69) is 58.7 Å². The SMILES string of the molecule is CCCNc1cnnc(Nc2c(C)cccc2C)n1. The number of aromatic nitrogens is 3. The minimum absolute atomic E-state index is 0.513. The molecule has 1 aromatic heterocycles. The molecule has 0 bridgehead atoms. The van der Waals surface area contributed by atoms with Crippen LogP contribution in [0.3, 0.4) is 0 Å². The summed E-state index contributed by atoms with van der Waals surface area (Å²) in [7, 11) is 0. The molecule has 1 heterocycles. The second-order valence-electron chi connectivity index (χ2n) is 4.48. The summed E-state index contributed by atoms with van der Waals surface area (Å²) in [5, 5.41) is 14.4. The molecule has 0 aliphatic rings. The van der Waals surface area contributed by atoms with Gasteiger partial charge in [0.05, 0.1) is 6.20 Å². The van der Waals surface area contributed by atoms with Crippen LogP contribution in [0.1, 0.15) is 24.5 Å². The Balaban J connectivity index is 2.19. The van der Waals surface area contributed by atoms with Gasteiger partial charge in [-0.3, -0.25) is 0 Å². The first-order valence-electron chi connectivity index (χ1n) is 6.47. The van der Waals surface area contributed by atoms with E-state index in [0.717, 1.165) is 35.6 Å². The van der Waals surface area contributed by atoms with E-state index in [-0.39, 0.29) is 0 Å². The van der Waals surface area contributed by atoms with E-state index in [1.807, 2.05) is 6.07 Å². The van der Waals surface area contributed by atoms with Crippen LogP contribution < -0.4 is 10.6 Å². The van der Waals surface area contributed by atoms with E-state index in [4.69, 9.17) is 0 Å². The zero-order valence-electron chi connectivity index (χ0n) is 11.6. The van der Waals surface area contributed by atoms with E-state index >= 15 is 0 Å². The van der Waals surface area contributed by atoms with Gasteiger partial charge in [-0.05, 0) is 31.4 Å². The Kier molecular flexibility index (Phi) is 4.28. The van der Waals surface area contributed by atoms with Gasteiger partial charge < -0.3 is 10.6 Å². The average molecular weight is 257 g/mol. The Labute approximate surface area is 113 Å². The molecule has 0 fully saturated rings. The van der Waals surface area contributed by atoms with E-state index < -0.39 is 0 Å². The van der Waals surface area contributed by atoms with Crippen molar-refractivity contribution in [2.24, 2.45) is 0 Å². The number of rotatable bonds is 5. The van der Waals surface area contributed by atoms with Gasteiger partial charge in [0.2, 0.25) is 5.95 Å². The number of hydrogen-bond acceptors (Lipinski definition) is 5. The molecule has 100 valence electrons. The van der Waals surface area contributed by atoms with Gasteiger partial charge in [0.1, 0.15) is 0 Å². The fourth-order valence-corrected chi connectivity index (χ4v) is 1.82. The predicted molar refractivity (Wildman–Crippen MR) is 77.8 cm³/mol. The van der Waals surface area contributed by atoms with Crippen molar-refractivity contribution in [2.75, 3.05) is 17.2 Å². The van der Waals surface area contributed by atoms with Crippen molar-refractivity contribution in [3.05, 3.63) is 35.5 Å². The largest absolute Gasteiger partial charge is 0.369 e. The van der Waals surface area contributed by atoms with Crippen LogP contribution in [-0.4, -0.2) is 21.7 Å². The lowest BCUT2D eigenvalue weighted by atomic mass is 10.1. The molecular weight excluding hydrogens is 238 g/mol. The molecule has 2 rings (SSSR count). The first-order chi connectivity index (χ1) is 9.20. The smallest absolute Gasteiger partial charge is 0.249 e. The van der Waals surface area contributed by atoms with Crippen molar-refractivity contribution in [3.8, 4) is 0 Å². The third-order valence-corrected chi connectivity index (χ3v) is 2.83. The lowest BCUT2D eigenvalue weighted by molar-refractivity contribution is 0.934. The first kappa shape index (κ1) is 13.3. The minimum Gasteiger partial charge on any atom is -0.369 e. The van der Waals surface area contributed by atoms with Gasteiger partial charge in [-0.1, -0.05) is 25.1 Å². The number of nitrogens with zero attached hydrogens (tertiary/aromatic N) is 3. The summed E-state index contributed by atoms with van der Waals surface area (Å²) >= 11 is 0. The monoisotopic (exact) mass is 257 g/mol. The summed E-state index contributed by atoms with van der Waals surface area (Å²) in [6, 6.07) is 6.15. The molecule has 0 unspecified atom stereocenters. The van der Waals surface area contributed by atoms with Crippen LogP contribution in [0.4, 0.5) is 17.5 Å². The molecule has 0 amide bonds. The van der Waals surface area contributed by atoms with E-state index in [1.54, 1.807) is 6.20 Å². The Hall–Kier alpha value is -2.17. The molecule has 1 aromatic carbocycles. The molecule has 19 heavy (non-hydrogen) atoms. The van der Waals surface area contributed by atoms with Crippen molar-refractivity contribution in [1.82, 2.24) is 15.2 Å². The maximum Gasteiger partial charge on any atom is 0.249 e. The molecule has 0 saturated heterocycles. The second kappa shape index (κ2) is 6.13. The van der Waals surface area contributed by atoms with Crippen LogP contribution in [0.15, 0.2) is 24.4 Å². The number of hydrogen-bond donors (Lipinski definition) is 2. The van der Waals surface area contributed by atoms with Crippen molar-refractivity contribution in [2.45, 2.75) is 27.2 Å². The van der Waals surface area contributed by atoms with Crippen LogP contribution in [0.2, 0.25) is 0 Å². The average Bonchev–Trinajstić information content (AvgIpc) is 2.41. The van der Waals surface area contributed by atoms with Crippen molar-refractivity contribution in [3.63, 3.8) is 0 Å². The maximum atomic E-state index is 4.39. The van der Waals surface area contributed by atoms with Crippen molar-refractivity contribution >= 4 is 17.5 Å². The minimum atomic E-state index is 0.513. The summed E-state index contributed by atoms with van der Waals surface area (Å²) in [6.07, 6.45) is 2.68. The highest BCUT2D eigenvalue weighted by Crippen LogP contribution is 2.22. The van der Waals surface area contributed by atoms with Gasteiger partial charge in [0.15, 0.2) is 5.82 Å². The second-order valence-corrected chi connectivity index (χ2v) is 4.48. The van der Waals surface area contributed by atoms with Crippen LogP contribution in [0, 0.1) is 13.8 Å². The topological polar surface area (TPSA) is 62.7 Å². The number of aryl methyl sites for hydroxylation is 2. The maximum absolute atomic E-state index is 4.39. The molecule has 5 heteroatoms. The van der Waals surface area contributed by atoms with E-state index in [9.17, 15) is 0 Å². The molecule has 5 nitrogen and oxygen atoms in total. The van der Waals surface area contributed by atoms with Crippen molar-refractivity contribution < 1.29 is 0 Å². The quantitative estimate of drug-likeness (QED) is 0.862. The third kappa shape index (κ3) is 3.40. The molecule has 0 spiro atoms. The molecule has 2 aromatic rings. The van der Waals surface area contributed by atoms with Crippen LogP contribution in [0.5, 0.6) is 0 Å². The first-order valence-corrected chi connectivity index (χ1v) is 6.47. The van der Waals surface area contributed by atoms with Crippen LogP contribution in [0.25, 0.3) is 0 Å². The van der Waals surface area contributed by atoms with Crippen LogP contribution >= 0.6 is 0 Å². The van der Waals surface area contributed by atoms with Crippen LogP contribution in [-0.2, 0) is 0 Å². The fraction of sp³-hybridized carbons (Fsp3) is 0.357. The van der Waals surface area contributed by atoms with Gasteiger partial charge in [0, 0.05) is 12.2 Å². The summed E-state index contributed by atoms with van der Waals surface area (Å²) < 4.78 is 0. The van der Waals surface area contributed by atoms with E-state index in [1.165, 1.54) is 0 Å². The Morgan fingerprint density at radius 1 is 1.16 bits per heavy atom. The zero-order chi connectivity index (χ0) is 13.7. The van der Waals surface area contributed by atoms with Gasteiger partial charge in [-0.25, -0.2) is 0 Å². The Morgan fingerprint density at radius 3 is 2.58 bits per heavy atom. The van der Waals surface area contributed by atoms with Gasteiger partial charge >= 0.3 is 0 Å². The highest BCUT2D eigenvalue weighted by atomic mass is 15.3. The molecule has 2 N–H and O–H groups in total. The summed E-state index contributed by atoms with van der Waals surface area (Å²) in [4.78, 5) is 4.39. The zero-order valence-corrected chi connectivity index (χ0v) is 11.6. The van der Waals surface area contributed by atoms with E-state index in [0.29, 0.717) is 5.95 Å². The number of benzene rings is 1. The summed E-state index contributed by atoms with van der Waals surface area (Å²) in [6.45, 7) is 7.10. The predicted octanol–water partition coefficient (Wildman–Crippen LogP) is 3.05. The molecule has 0 radical (unpaired) electrons. The standard InChI is InChI=1S/C14H19N5/c1-4-8-15-12-9-16-19-14(17-12)18-13-10(2)6-5-7-11(13)3/h5-7,9H,4,8H2,1-3H3,(H2,15,17,18,19). The van der Waals surface area contributed by atoms with Gasteiger partial charge in [-0.2, -0.15) is 10.1 Å². The third-order valence-electron chi connectivity index (χ3n) is 2.83. The molecular formula is C14H19N5. The molecule has 0 aliphatic heterocycles. The summed E-state index contributed by atoms with van der Waals surface area (Å²) in [5.74, 6) is 1.25. The normalized spacial score (nSPS) is 10.3. The number of para-hydroxylation sites is 1. The summed E-state index contributed by atoms with van der Waals surface area (Å²) in [5.41, 5.74) is 3.36. The highest BCUT2D eigenvalue weighted by molar-refractivity contribution is 5.62. The van der Waals surface area contributed by atoms with Crippen molar-refractivity contribution in [1.29, 1.82) is 0 Å². The molecule has 0 aliphatic carbocycles. The lowest BCUT2D eigenvalue weighted by Crippen LogP contribution is -2.07. The number of anilines is 3. The Morgan fingerprint density at radius 2 is 1.89 bits per heavy atom. The van der Waals surface area contributed by atoms with Gasteiger partial charge in [-0.15, -0.1) is 5.10 Å².